The third-order valence-corrected chi connectivity index (χ3v) is 3.45. The zero-order valence-electron chi connectivity index (χ0n) is 10.8. The van der Waals surface area contributed by atoms with Gasteiger partial charge in [0.1, 0.15) is 6.04 Å². The number of thioether (sulfide) groups is 1. The highest BCUT2D eigenvalue weighted by Crippen LogP contribution is 2.18. The molecule has 0 bridgehead atoms. The average molecular weight is 303 g/mol. The van der Waals surface area contributed by atoms with Crippen molar-refractivity contribution < 1.29 is 23.5 Å². The van der Waals surface area contributed by atoms with E-state index < -0.39 is 30.8 Å². The van der Waals surface area contributed by atoms with Gasteiger partial charge < -0.3 is 10.4 Å². The fraction of sp³-hybridized carbons (Fsp3) is 0.385. The van der Waals surface area contributed by atoms with Crippen LogP contribution in [0.4, 0.5) is 8.78 Å². The van der Waals surface area contributed by atoms with Gasteiger partial charge in [-0.2, -0.15) is 0 Å². The van der Waals surface area contributed by atoms with E-state index in [4.69, 9.17) is 5.11 Å². The number of aryl methyl sites for hydroxylation is 1. The van der Waals surface area contributed by atoms with Gasteiger partial charge in [0.25, 0.3) is 0 Å². The van der Waals surface area contributed by atoms with Crippen LogP contribution < -0.4 is 5.32 Å². The molecule has 7 heteroatoms. The van der Waals surface area contributed by atoms with Crippen LogP contribution in [-0.2, 0) is 9.59 Å². The number of carbonyl (C=O) groups excluding carboxylic acids is 1. The molecule has 4 nitrogen and oxygen atoms in total. The SMILES string of the molecule is Cc1ccc(SCC(=O)NC(CC(F)F)C(=O)O)cc1. The second kappa shape index (κ2) is 7.84. The fourth-order valence-corrected chi connectivity index (χ4v) is 2.13. The molecule has 0 fully saturated rings. The van der Waals surface area contributed by atoms with Crippen LogP contribution in [0.1, 0.15) is 12.0 Å². The molecule has 1 aromatic rings. The van der Waals surface area contributed by atoms with E-state index in [-0.39, 0.29) is 5.75 Å². The molecule has 1 atom stereocenters. The van der Waals surface area contributed by atoms with Gasteiger partial charge in [-0.1, -0.05) is 17.7 Å². The molecule has 0 aliphatic rings. The van der Waals surface area contributed by atoms with Crippen molar-refractivity contribution in [1.29, 1.82) is 0 Å². The first-order chi connectivity index (χ1) is 9.38. The van der Waals surface area contributed by atoms with E-state index in [0.29, 0.717) is 0 Å². The average Bonchev–Trinajstić information content (AvgIpc) is 2.36. The zero-order valence-corrected chi connectivity index (χ0v) is 11.6. The molecule has 1 aromatic carbocycles. The van der Waals surface area contributed by atoms with Gasteiger partial charge in [0.15, 0.2) is 0 Å². The maximum absolute atomic E-state index is 12.2. The van der Waals surface area contributed by atoms with Crippen LogP contribution in [0.2, 0.25) is 0 Å². The predicted molar refractivity (Wildman–Crippen MR) is 72.1 cm³/mol. The number of alkyl halides is 2. The second-order valence-electron chi connectivity index (χ2n) is 4.19. The molecule has 0 saturated heterocycles. The summed E-state index contributed by atoms with van der Waals surface area (Å²) in [5.41, 5.74) is 1.08. The summed E-state index contributed by atoms with van der Waals surface area (Å²) in [6, 6.07) is 5.89. The molecule has 0 aromatic heterocycles. The number of amides is 1. The lowest BCUT2D eigenvalue weighted by molar-refractivity contribution is -0.142. The first-order valence-electron chi connectivity index (χ1n) is 5.88. The Hall–Kier alpha value is -1.63. The summed E-state index contributed by atoms with van der Waals surface area (Å²) in [6.07, 6.45) is -3.67. The number of carbonyl (C=O) groups is 2. The number of benzene rings is 1. The van der Waals surface area contributed by atoms with Gasteiger partial charge in [0.05, 0.1) is 5.75 Å². The minimum Gasteiger partial charge on any atom is -0.480 e. The number of nitrogens with one attached hydrogen (secondary N) is 1. The van der Waals surface area contributed by atoms with Gasteiger partial charge in [-0.25, -0.2) is 13.6 Å². The molecule has 0 heterocycles. The standard InChI is InChI=1S/C13H15F2NO3S/c1-8-2-4-9(5-3-8)20-7-12(17)16-10(13(18)19)6-11(14)15/h2-5,10-11H,6-7H2,1H3,(H,16,17)(H,18,19). The van der Waals surface area contributed by atoms with Crippen LogP contribution in [0, 0.1) is 6.92 Å². The predicted octanol–water partition coefficient (Wildman–Crippen LogP) is 2.31. The van der Waals surface area contributed by atoms with Crippen molar-refractivity contribution in [2.45, 2.75) is 30.7 Å². The summed E-state index contributed by atoms with van der Waals surface area (Å²) in [5.74, 6) is -2.06. The summed E-state index contributed by atoms with van der Waals surface area (Å²) in [7, 11) is 0. The Morgan fingerprint density at radius 1 is 1.30 bits per heavy atom. The van der Waals surface area contributed by atoms with Crippen molar-refractivity contribution in [2.24, 2.45) is 0 Å². The summed E-state index contributed by atoms with van der Waals surface area (Å²) in [5, 5.41) is 10.8. The Kier molecular flexibility index (Phi) is 6.44. The number of aliphatic carboxylic acids is 1. The van der Waals surface area contributed by atoms with Crippen molar-refractivity contribution in [3.05, 3.63) is 29.8 Å². The number of carboxylic acids is 1. The molecule has 2 N–H and O–H groups in total. The molecular formula is C13H15F2NO3S. The first-order valence-corrected chi connectivity index (χ1v) is 6.87. The molecule has 1 amide bonds. The first kappa shape index (κ1) is 16.4. The number of hydrogen-bond donors (Lipinski definition) is 2. The lowest BCUT2D eigenvalue weighted by Gasteiger charge is -2.13. The Balaban J connectivity index is 2.45. The largest absolute Gasteiger partial charge is 0.480 e. The summed E-state index contributed by atoms with van der Waals surface area (Å²) >= 11 is 1.22. The van der Waals surface area contributed by atoms with E-state index in [1.165, 1.54) is 11.8 Å². The Morgan fingerprint density at radius 3 is 2.40 bits per heavy atom. The lowest BCUT2D eigenvalue weighted by Crippen LogP contribution is -2.42. The lowest BCUT2D eigenvalue weighted by atomic mass is 10.2. The van der Waals surface area contributed by atoms with Crippen molar-refractivity contribution >= 4 is 23.6 Å². The molecule has 1 rings (SSSR count). The minimum atomic E-state index is -2.78. The fourth-order valence-electron chi connectivity index (χ4n) is 1.42. The zero-order chi connectivity index (χ0) is 15.1. The number of rotatable bonds is 7. The van der Waals surface area contributed by atoms with Crippen LogP contribution in [0.15, 0.2) is 29.2 Å². The van der Waals surface area contributed by atoms with E-state index in [1.807, 2.05) is 31.2 Å². The Morgan fingerprint density at radius 2 is 1.90 bits per heavy atom. The van der Waals surface area contributed by atoms with Gasteiger partial charge in [0.2, 0.25) is 12.3 Å². The molecule has 0 aliphatic heterocycles. The molecule has 0 radical (unpaired) electrons. The van der Waals surface area contributed by atoms with Crippen LogP contribution in [0.5, 0.6) is 0 Å². The highest BCUT2D eigenvalue weighted by atomic mass is 32.2. The molecule has 1 unspecified atom stereocenters. The summed E-state index contributed by atoms with van der Waals surface area (Å²) in [6.45, 7) is 1.93. The molecule has 20 heavy (non-hydrogen) atoms. The van der Waals surface area contributed by atoms with Gasteiger partial charge in [0, 0.05) is 11.3 Å². The third-order valence-electron chi connectivity index (χ3n) is 2.44. The number of hydrogen-bond acceptors (Lipinski definition) is 3. The van der Waals surface area contributed by atoms with Crippen molar-refractivity contribution in [2.75, 3.05) is 5.75 Å². The van der Waals surface area contributed by atoms with Gasteiger partial charge >= 0.3 is 5.97 Å². The molecule has 0 spiro atoms. The van der Waals surface area contributed by atoms with E-state index >= 15 is 0 Å². The second-order valence-corrected chi connectivity index (χ2v) is 5.24. The van der Waals surface area contributed by atoms with Crippen molar-refractivity contribution in [1.82, 2.24) is 5.32 Å². The van der Waals surface area contributed by atoms with Gasteiger partial charge in [-0.3, -0.25) is 4.79 Å². The molecule has 0 aliphatic carbocycles. The van der Waals surface area contributed by atoms with E-state index in [2.05, 4.69) is 5.32 Å². The maximum Gasteiger partial charge on any atom is 0.326 e. The molecule has 0 saturated carbocycles. The quantitative estimate of drug-likeness (QED) is 0.759. The number of halogens is 2. The smallest absolute Gasteiger partial charge is 0.326 e. The topological polar surface area (TPSA) is 66.4 Å². The van der Waals surface area contributed by atoms with Crippen LogP contribution >= 0.6 is 11.8 Å². The van der Waals surface area contributed by atoms with Crippen molar-refractivity contribution in [3.8, 4) is 0 Å². The Bertz CT molecular complexity index is 465. The summed E-state index contributed by atoms with van der Waals surface area (Å²) < 4.78 is 24.3. The third kappa shape index (κ3) is 6.01. The maximum atomic E-state index is 12.2. The van der Waals surface area contributed by atoms with Gasteiger partial charge in [-0.05, 0) is 19.1 Å². The van der Waals surface area contributed by atoms with E-state index in [9.17, 15) is 18.4 Å². The Labute approximate surface area is 119 Å². The van der Waals surface area contributed by atoms with Crippen LogP contribution in [0.25, 0.3) is 0 Å². The highest BCUT2D eigenvalue weighted by molar-refractivity contribution is 8.00. The van der Waals surface area contributed by atoms with Crippen molar-refractivity contribution in [3.63, 3.8) is 0 Å². The normalized spacial score (nSPS) is 12.2. The monoisotopic (exact) mass is 303 g/mol. The summed E-state index contributed by atoms with van der Waals surface area (Å²) in [4.78, 5) is 23.1. The van der Waals surface area contributed by atoms with Crippen LogP contribution in [-0.4, -0.2) is 35.2 Å². The number of carboxylic acid groups (broad SMARTS) is 1. The van der Waals surface area contributed by atoms with Gasteiger partial charge in [-0.15, -0.1) is 11.8 Å². The van der Waals surface area contributed by atoms with E-state index in [0.717, 1.165) is 10.5 Å². The van der Waals surface area contributed by atoms with E-state index in [1.54, 1.807) is 0 Å². The highest BCUT2D eigenvalue weighted by Gasteiger charge is 2.23. The van der Waals surface area contributed by atoms with Crippen LogP contribution in [0.3, 0.4) is 0 Å². The molecule has 110 valence electrons. The molecular weight excluding hydrogens is 288 g/mol. The minimum absolute atomic E-state index is 0.0178.